The topological polar surface area (TPSA) is 0 Å². The van der Waals surface area contributed by atoms with Gasteiger partial charge in [0, 0.05) is 0 Å². The summed E-state index contributed by atoms with van der Waals surface area (Å²) >= 11 is 0. The first kappa shape index (κ1) is 20.3. The molecule has 6 aromatic rings. The van der Waals surface area contributed by atoms with E-state index in [9.17, 15) is 0 Å². The molecule has 0 aromatic heterocycles. The fourth-order valence-electron chi connectivity index (χ4n) is 5.13. The molecule has 0 radical (unpaired) electrons. The average Bonchev–Trinajstić information content (AvgIpc) is 2.86. The SMILES string of the molecule is Cc1c2ccccc2c(C)c2ccccc12.Cc1c2ccccc2c(C)c2ccccc12. The third-order valence-corrected chi connectivity index (χ3v) is 6.94. The lowest BCUT2D eigenvalue weighted by molar-refractivity contribution is 1.52. The maximum Gasteiger partial charge on any atom is -0.0146 e. The molecular weight excluding hydrogens is 384 g/mol. The van der Waals surface area contributed by atoms with Crippen LogP contribution < -0.4 is 0 Å². The lowest BCUT2D eigenvalue weighted by Gasteiger charge is -2.11. The number of fused-ring (bicyclic) bond motifs is 4. The van der Waals surface area contributed by atoms with E-state index in [2.05, 4.69) is 125 Å². The Kier molecular flexibility index (Phi) is 5.15. The summed E-state index contributed by atoms with van der Waals surface area (Å²) in [6.07, 6.45) is 0. The smallest absolute Gasteiger partial charge is 0.0146 e. The zero-order chi connectivity index (χ0) is 22.2. The van der Waals surface area contributed by atoms with Crippen LogP contribution in [-0.4, -0.2) is 0 Å². The molecule has 6 rings (SSSR count). The Hall–Kier alpha value is -3.64. The van der Waals surface area contributed by atoms with E-state index in [4.69, 9.17) is 0 Å². The van der Waals surface area contributed by atoms with Crippen LogP contribution in [0.5, 0.6) is 0 Å². The van der Waals surface area contributed by atoms with Gasteiger partial charge in [0.2, 0.25) is 0 Å². The third-order valence-electron chi connectivity index (χ3n) is 6.94. The van der Waals surface area contributed by atoms with Crippen LogP contribution >= 0.6 is 0 Å². The zero-order valence-corrected chi connectivity index (χ0v) is 19.2. The lowest BCUT2D eigenvalue weighted by atomic mass is 9.93. The predicted molar refractivity (Wildman–Crippen MR) is 142 cm³/mol. The first-order valence-corrected chi connectivity index (χ1v) is 11.3. The normalized spacial score (nSPS) is 11.1. The molecule has 0 aliphatic rings. The summed E-state index contributed by atoms with van der Waals surface area (Å²) in [7, 11) is 0. The van der Waals surface area contributed by atoms with Gasteiger partial charge in [0.1, 0.15) is 0 Å². The molecule has 0 nitrogen and oxygen atoms in total. The standard InChI is InChI=1S/2C16H14/c2*1-11-13-7-3-5-9-15(13)12(2)16-10-6-4-8-14(11)16/h2*3-10H,1-2H3. The van der Waals surface area contributed by atoms with Crippen molar-refractivity contribution < 1.29 is 0 Å². The second kappa shape index (κ2) is 8.13. The van der Waals surface area contributed by atoms with Gasteiger partial charge in [0.05, 0.1) is 0 Å². The number of hydrogen-bond acceptors (Lipinski definition) is 0. The summed E-state index contributed by atoms with van der Waals surface area (Å²) in [5.74, 6) is 0. The molecule has 156 valence electrons. The highest BCUT2D eigenvalue weighted by Gasteiger charge is 2.07. The van der Waals surface area contributed by atoms with Crippen molar-refractivity contribution in [2.24, 2.45) is 0 Å². The summed E-state index contributed by atoms with van der Waals surface area (Å²) in [6.45, 7) is 8.85. The number of aryl methyl sites for hydroxylation is 4. The Morgan fingerprint density at radius 2 is 0.375 bits per heavy atom. The number of benzene rings is 6. The second-order valence-corrected chi connectivity index (χ2v) is 8.68. The van der Waals surface area contributed by atoms with E-state index >= 15 is 0 Å². The first-order valence-electron chi connectivity index (χ1n) is 11.3. The van der Waals surface area contributed by atoms with Crippen molar-refractivity contribution in [2.45, 2.75) is 27.7 Å². The van der Waals surface area contributed by atoms with Crippen LogP contribution in [0.1, 0.15) is 22.3 Å². The second-order valence-electron chi connectivity index (χ2n) is 8.68. The maximum absolute atomic E-state index is 2.21. The van der Waals surface area contributed by atoms with Gasteiger partial charge >= 0.3 is 0 Å². The summed E-state index contributed by atoms with van der Waals surface area (Å²) in [5, 5.41) is 11.0. The Balaban J connectivity index is 0.000000135. The number of hydrogen-bond donors (Lipinski definition) is 0. The minimum absolute atomic E-state index is 1.37. The summed E-state index contributed by atoms with van der Waals surface area (Å²) < 4.78 is 0. The van der Waals surface area contributed by atoms with E-state index in [1.54, 1.807) is 0 Å². The van der Waals surface area contributed by atoms with E-state index in [0.29, 0.717) is 0 Å². The highest BCUT2D eigenvalue weighted by Crippen LogP contribution is 2.32. The summed E-state index contributed by atoms with van der Waals surface area (Å²) in [4.78, 5) is 0. The molecule has 0 heterocycles. The van der Waals surface area contributed by atoms with Gasteiger partial charge in [-0.05, 0) is 93.0 Å². The molecule has 0 spiro atoms. The van der Waals surface area contributed by atoms with E-state index < -0.39 is 0 Å². The van der Waals surface area contributed by atoms with E-state index in [-0.39, 0.29) is 0 Å². The van der Waals surface area contributed by atoms with Crippen molar-refractivity contribution in [3.8, 4) is 0 Å². The Morgan fingerprint density at radius 3 is 0.500 bits per heavy atom. The molecule has 0 bridgehead atoms. The highest BCUT2D eigenvalue weighted by molar-refractivity contribution is 6.06. The van der Waals surface area contributed by atoms with Crippen LogP contribution in [0.25, 0.3) is 43.1 Å². The molecule has 0 heteroatoms. The zero-order valence-electron chi connectivity index (χ0n) is 19.2. The quantitative estimate of drug-likeness (QED) is 0.218. The van der Waals surface area contributed by atoms with Crippen molar-refractivity contribution in [1.82, 2.24) is 0 Å². The monoisotopic (exact) mass is 412 g/mol. The van der Waals surface area contributed by atoms with Gasteiger partial charge in [0.15, 0.2) is 0 Å². The van der Waals surface area contributed by atoms with Crippen LogP contribution in [0.4, 0.5) is 0 Å². The molecular formula is C32H28. The molecule has 0 saturated carbocycles. The minimum atomic E-state index is 1.37. The Morgan fingerprint density at radius 1 is 0.250 bits per heavy atom. The van der Waals surface area contributed by atoms with Gasteiger partial charge in [0.25, 0.3) is 0 Å². The van der Waals surface area contributed by atoms with E-state index in [1.165, 1.54) is 65.3 Å². The maximum atomic E-state index is 2.21. The Labute approximate surface area is 190 Å². The van der Waals surface area contributed by atoms with E-state index in [1.807, 2.05) is 0 Å². The van der Waals surface area contributed by atoms with Crippen molar-refractivity contribution in [1.29, 1.82) is 0 Å². The summed E-state index contributed by atoms with van der Waals surface area (Å²) in [5.41, 5.74) is 5.54. The van der Waals surface area contributed by atoms with Crippen LogP contribution in [0.2, 0.25) is 0 Å². The predicted octanol–water partition coefficient (Wildman–Crippen LogP) is 9.22. The molecule has 0 unspecified atom stereocenters. The van der Waals surface area contributed by atoms with Gasteiger partial charge in [-0.1, -0.05) is 97.1 Å². The van der Waals surface area contributed by atoms with Crippen molar-refractivity contribution in [3.05, 3.63) is 119 Å². The van der Waals surface area contributed by atoms with Gasteiger partial charge in [-0.25, -0.2) is 0 Å². The molecule has 0 saturated heterocycles. The van der Waals surface area contributed by atoms with Gasteiger partial charge in [-0.15, -0.1) is 0 Å². The molecule has 0 aliphatic carbocycles. The van der Waals surface area contributed by atoms with Gasteiger partial charge < -0.3 is 0 Å². The van der Waals surface area contributed by atoms with Crippen LogP contribution in [0.3, 0.4) is 0 Å². The molecule has 0 amide bonds. The third kappa shape index (κ3) is 3.24. The van der Waals surface area contributed by atoms with Crippen molar-refractivity contribution >= 4 is 43.1 Å². The van der Waals surface area contributed by atoms with E-state index in [0.717, 1.165) is 0 Å². The van der Waals surface area contributed by atoms with Crippen LogP contribution in [0, 0.1) is 27.7 Å². The van der Waals surface area contributed by atoms with Crippen molar-refractivity contribution in [3.63, 3.8) is 0 Å². The van der Waals surface area contributed by atoms with Crippen LogP contribution in [-0.2, 0) is 0 Å². The van der Waals surface area contributed by atoms with Crippen molar-refractivity contribution in [2.75, 3.05) is 0 Å². The van der Waals surface area contributed by atoms with Crippen LogP contribution in [0.15, 0.2) is 97.1 Å². The molecule has 0 atom stereocenters. The molecule has 6 aromatic carbocycles. The fourth-order valence-corrected chi connectivity index (χ4v) is 5.13. The van der Waals surface area contributed by atoms with Gasteiger partial charge in [-0.2, -0.15) is 0 Å². The first-order chi connectivity index (χ1) is 15.6. The largest absolute Gasteiger partial charge is 0.0616 e. The molecule has 32 heavy (non-hydrogen) atoms. The lowest BCUT2D eigenvalue weighted by Crippen LogP contribution is -1.87. The Bertz CT molecular complexity index is 1240. The highest BCUT2D eigenvalue weighted by atomic mass is 14.1. The number of rotatable bonds is 0. The summed E-state index contributed by atoms with van der Waals surface area (Å²) in [6, 6.07) is 34.6. The molecule has 0 aliphatic heterocycles. The molecule has 0 N–H and O–H groups in total. The fraction of sp³-hybridized carbons (Fsp3) is 0.125. The van der Waals surface area contributed by atoms with Gasteiger partial charge in [-0.3, -0.25) is 0 Å². The molecule has 0 fully saturated rings. The minimum Gasteiger partial charge on any atom is -0.0616 e. The average molecular weight is 413 g/mol.